The Balaban J connectivity index is 0.955. The molecule has 0 unspecified atom stereocenters. The van der Waals surface area contributed by atoms with Gasteiger partial charge in [0.15, 0.2) is 0 Å². The Morgan fingerprint density at radius 1 is 0.288 bits per heavy atom. The predicted molar refractivity (Wildman–Crippen MR) is 280 cm³/mol. The van der Waals surface area contributed by atoms with Crippen molar-refractivity contribution in [3.63, 3.8) is 0 Å². The lowest BCUT2D eigenvalue weighted by atomic mass is 9.79. The zero-order valence-corrected chi connectivity index (χ0v) is 36.8. The molecule has 0 spiro atoms. The average molecular weight is 838 g/mol. The topological polar surface area (TPSA) is 4.93 Å². The van der Waals surface area contributed by atoms with E-state index in [2.05, 4.69) is 243 Å². The second kappa shape index (κ2) is 13.9. The number of hydrogen-bond acceptors (Lipinski definition) is 0. The smallest absolute Gasteiger partial charge is 0.0547 e. The highest BCUT2D eigenvalue weighted by Crippen LogP contribution is 2.54. The second-order valence-electron chi connectivity index (χ2n) is 18.7. The zero-order valence-electron chi connectivity index (χ0n) is 36.8. The molecular formula is C65H43N. The summed E-state index contributed by atoms with van der Waals surface area (Å²) < 4.78 is 2.47. The van der Waals surface area contributed by atoms with Gasteiger partial charge in [-0.05, 0) is 141 Å². The number of nitrogens with zero attached hydrogens (tertiary/aromatic N) is 1. The molecule has 0 N–H and O–H groups in total. The molecule has 12 aromatic rings. The summed E-state index contributed by atoms with van der Waals surface area (Å²) in [6.45, 7) is 4.74. The van der Waals surface area contributed by atoms with Gasteiger partial charge in [0.25, 0.3) is 0 Å². The van der Waals surface area contributed by atoms with Gasteiger partial charge in [-0.3, -0.25) is 0 Å². The van der Waals surface area contributed by atoms with E-state index in [1.165, 1.54) is 132 Å². The Morgan fingerprint density at radius 3 is 1.27 bits per heavy atom. The van der Waals surface area contributed by atoms with Gasteiger partial charge < -0.3 is 4.57 Å². The third-order valence-electron chi connectivity index (χ3n) is 15.0. The minimum Gasteiger partial charge on any atom is -0.309 e. The van der Waals surface area contributed by atoms with E-state index in [1.807, 2.05) is 0 Å². The first-order valence-corrected chi connectivity index (χ1v) is 23.2. The van der Waals surface area contributed by atoms with Crippen molar-refractivity contribution in [3.8, 4) is 83.6 Å². The molecule has 1 heterocycles. The van der Waals surface area contributed by atoms with Gasteiger partial charge in [0, 0.05) is 21.9 Å². The van der Waals surface area contributed by atoms with Crippen LogP contribution in [0.25, 0.3) is 127 Å². The van der Waals surface area contributed by atoms with Crippen LogP contribution in [-0.2, 0) is 5.41 Å². The Labute approximate surface area is 384 Å². The molecule has 0 amide bonds. The van der Waals surface area contributed by atoms with E-state index in [-0.39, 0.29) is 5.41 Å². The van der Waals surface area contributed by atoms with Crippen molar-refractivity contribution in [3.05, 3.63) is 236 Å². The van der Waals surface area contributed by atoms with Crippen LogP contribution in [-0.4, -0.2) is 4.57 Å². The monoisotopic (exact) mass is 837 g/mol. The van der Waals surface area contributed by atoms with Gasteiger partial charge >= 0.3 is 0 Å². The summed E-state index contributed by atoms with van der Waals surface area (Å²) in [6.07, 6.45) is 0. The minimum atomic E-state index is -0.0602. The molecule has 308 valence electrons. The average Bonchev–Trinajstić information content (AvgIpc) is 3.83. The molecule has 1 heteroatoms. The van der Waals surface area contributed by atoms with E-state index >= 15 is 0 Å². The summed E-state index contributed by atoms with van der Waals surface area (Å²) >= 11 is 0. The van der Waals surface area contributed by atoms with Crippen LogP contribution in [0.15, 0.2) is 224 Å². The van der Waals surface area contributed by atoms with Crippen LogP contribution in [0.2, 0.25) is 0 Å². The molecule has 0 radical (unpaired) electrons. The number of benzene rings is 11. The zero-order chi connectivity index (χ0) is 43.7. The summed E-state index contributed by atoms with van der Waals surface area (Å²) in [5, 5.41) is 7.63. The van der Waals surface area contributed by atoms with E-state index in [0.29, 0.717) is 0 Å². The third-order valence-corrected chi connectivity index (χ3v) is 15.0. The van der Waals surface area contributed by atoms with Crippen LogP contribution in [0.5, 0.6) is 0 Å². The van der Waals surface area contributed by atoms with Crippen molar-refractivity contribution in [2.24, 2.45) is 0 Å². The van der Waals surface area contributed by atoms with Gasteiger partial charge in [0.2, 0.25) is 0 Å². The highest BCUT2D eigenvalue weighted by molar-refractivity contribution is 6.22. The molecule has 0 atom stereocenters. The maximum absolute atomic E-state index is 2.47. The van der Waals surface area contributed by atoms with Crippen molar-refractivity contribution < 1.29 is 0 Å². The van der Waals surface area contributed by atoms with E-state index in [1.54, 1.807) is 0 Å². The quantitative estimate of drug-likeness (QED) is 0.156. The van der Waals surface area contributed by atoms with Crippen LogP contribution < -0.4 is 0 Å². The van der Waals surface area contributed by atoms with Crippen LogP contribution in [0.3, 0.4) is 0 Å². The Bertz CT molecular complexity index is 3950. The summed E-state index contributed by atoms with van der Waals surface area (Å²) in [5.74, 6) is 0. The van der Waals surface area contributed by atoms with Crippen molar-refractivity contribution in [2.45, 2.75) is 19.3 Å². The molecule has 14 rings (SSSR count). The van der Waals surface area contributed by atoms with Crippen LogP contribution in [0.4, 0.5) is 0 Å². The van der Waals surface area contributed by atoms with Crippen molar-refractivity contribution in [1.29, 1.82) is 0 Å². The molecule has 0 saturated heterocycles. The molecule has 11 aromatic carbocycles. The Morgan fingerprint density at radius 2 is 0.712 bits per heavy atom. The standard InChI is InChI=1S/C65H43N/c1-65(2)57-29-15-13-27-54(57)63-58(65)37-38-60-64(63)55-28-14-16-30-59(55)66(60)42-34-31-40(32-35-42)61-50-23-9-11-25-52(50)62(53-26-12-10-24-51(53)61)41-33-36-49-47-21-6-5-19-45(47)43-17-3-4-18-44(43)46-20-7-8-22-48(46)56(49)39-41/h3-39H,1-2H3. The van der Waals surface area contributed by atoms with Crippen molar-refractivity contribution in [2.75, 3.05) is 0 Å². The molecule has 0 fully saturated rings. The third kappa shape index (κ3) is 5.11. The van der Waals surface area contributed by atoms with Crippen molar-refractivity contribution >= 4 is 43.4 Å². The first kappa shape index (κ1) is 37.1. The largest absolute Gasteiger partial charge is 0.309 e. The van der Waals surface area contributed by atoms with Gasteiger partial charge in [-0.2, -0.15) is 0 Å². The summed E-state index contributed by atoms with van der Waals surface area (Å²) in [4.78, 5) is 0. The first-order valence-electron chi connectivity index (χ1n) is 23.2. The van der Waals surface area contributed by atoms with Crippen molar-refractivity contribution in [1.82, 2.24) is 4.57 Å². The van der Waals surface area contributed by atoms with Gasteiger partial charge in [-0.1, -0.05) is 208 Å². The molecule has 0 bridgehead atoms. The van der Waals surface area contributed by atoms with Crippen LogP contribution in [0.1, 0.15) is 25.0 Å². The van der Waals surface area contributed by atoms with Crippen LogP contribution >= 0.6 is 0 Å². The summed E-state index contributed by atoms with van der Waals surface area (Å²) in [5.41, 5.74) is 24.1. The predicted octanol–water partition coefficient (Wildman–Crippen LogP) is 17.7. The lowest BCUT2D eigenvalue weighted by Crippen LogP contribution is -2.14. The van der Waals surface area contributed by atoms with E-state index < -0.39 is 0 Å². The molecule has 0 saturated carbocycles. The molecule has 1 aromatic heterocycles. The molecular weight excluding hydrogens is 795 g/mol. The number of para-hydroxylation sites is 1. The highest BCUT2D eigenvalue weighted by atomic mass is 15.0. The number of rotatable bonds is 3. The Hall–Kier alpha value is -8.26. The van der Waals surface area contributed by atoms with E-state index in [0.717, 1.165) is 5.69 Å². The van der Waals surface area contributed by atoms with Gasteiger partial charge in [-0.25, -0.2) is 0 Å². The number of fused-ring (bicyclic) bond motifs is 17. The fourth-order valence-electron chi connectivity index (χ4n) is 12.1. The SMILES string of the molecule is CC1(C)c2ccccc2-c2c1ccc1c2c2ccccc2n1-c1ccc(-c2c3ccccc3c(-c3ccc4c(c3)-c3ccccc3-c3ccccc3-c3ccccc3-4)c3ccccc23)cc1. The highest BCUT2D eigenvalue weighted by Gasteiger charge is 2.37. The normalized spacial score (nSPS) is 13.1. The maximum atomic E-state index is 2.47. The lowest BCUT2D eigenvalue weighted by Gasteiger charge is -2.24. The lowest BCUT2D eigenvalue weighted by molar-refractivity contribution is 0.661. The van der Waals surface area contributed by atoms with Gasteiger partial charge in [0.05, 0.1) is 11.0 Å². The summed E-state index contributed by atoms with van der Waals surface area (Å²) in [6, 6.07) is 84.0. The molecule has 0 aliphatic heterocycles. The van der Waals surface area contributed by atoms with E-state index in [9.17, 15) is 0 Å². The minimum absolute atomic E-state index is 0.0602. The number of hydrogen-bond donors (Lipinski definition) is 0. The maximum Gasteiger partial charge on any atom is 0.0547 e. The van der Waals surface area contributed by atoms with Gasteiger partial charge in [-0.15, -0.1) is 0 Å². The molecule has 1 nitrogen and oxygen atoms in total. The fraction of sp³-hybridized carbons (Fsp3) is 0.0462. The van der Waals surface area contributed by atoms with Crippen LogP contribution in [0, 0.1) is 0 Å². The molecule has 2 aliphatic rings. The second-order valence-corrected chi connectivity index (χ2v) is 18.7. The molecule has 66 heavy (non-hydrogen) atoms. The van der Waals surface area contributed by atoms with E-state index in [4.69, 9.17) is 0 Å². The summed E-state index contributed by atoms with van der Waals surface area (Å²) in [7, 11) is 0. The van der Waals surface area contributed by atoms with Gasteiger partial charge in [0.1, 0.15) is 0 Å². The molecule has 2 aliphatic carbocycles. The fourth-order valence-corrected chi connectivity index (χ4v) is 12.1. The number of aromatic nitrogens is 1. The Kier molecular flexibility index (Phi) is 7.81. The first-order chi connectivity index (χ1) is 32.5.